The van der Waals surface area contributed by atoms with Crippen molar-refractivity contribution < 1.29 is 18.4 Å². The Kier molecular flexibility index (Phi) is 5.60. The van der Waals surface area contributed by atoms with E-state index in [1.54, 1.807) is 0 Å². The zero-order valence-electron chi connectivity index (χ0n) is 12.5. The van der Waals surface area contributed by atoms with E-state index in [-0.39, 0.29) is 36.1 Å². The first-order valence-electron chi connectivity index (χ1n) is 7.45. The third-order valence-corrected chi connectivity index (χ3v) is 3.99. The largest absolute Gasteiger partial charge is 0.352 e. The number of carbonyl (C=O) groups excluding carboxylic acids is 2. The molecule has 1 heterocycles. The second-order valence-corrected chi connectivity index (χ2v) is 5.70. The van der Waals surface area contributed by atoms with E-state index in [4.69, 9.17) is 0 Å². The van der Waals surface area contributed by atoms with Crippen molar-refractivity contribution in [3.05, 3.63) is 35.4 Å². The summed E-state index contributed by atoms with van der Waals surface area (Å²) in [5, 5.41) is 6.12. The van der Waals surface area contributed by atoms with Crippen LogP contribution in [0.15, 0.2) is 18.2 Å². The molecule has 2 atom stereocenters. The minimum Gasteiger partial charge on any atom is -0.352 e. The van der Waals surface area contributed by atoms with Gasteiger partial charge in [0.25, 0.3) is 0 Å². The van der Waals surface area contributed by atoms with Gasteiger partial charge in [-0.2, -0.15) is 0 Å². The van der Waals surface area contributed by atoms with Gasteiger partial charge < -0.3 is 10.6 Å². The number of hydrogen-bond donors (Lipinski definition) is 2. The van der Waals surface area contributed by atoms with Gasteiger partial charge in [0.15, 0.2) is 17.4 Å². The SMILES string of the molecule is CC1CCNCC1NC(=O)CCC(=O)c1ccc(F)c(F)c1. The number of Topliss-reactive ketones (excluding diaryl/α,β-unsaturated/α-hetero) is 1. The van der Waals surface area contributed by atoms with E-state index in [2.05, 4.69) is 17.6 Å². The molecule has 0 radical (unpaired) electrons. The van der Waals surface area contributed by atoms with Crippen LogP contribution in [-0.2, 0) is 4.79 Å². The lowest BCUT2D eigenvalue weighted by Crippen LogP contribution is -2.50. The second-order valence-electron chi connectivity index (χ2n) is 5.70. The summed E-state index contributed by atoms with van der Waals surface area (Å²) < 4.78 is 25.9. The number of halogens is 2. The third kappa shape index (κ3) is 4.34. The number of ketones is 1. The lowest BCUT2D eigenvalue weighted by Gasteiger charge is -2.30. The van der Waals surface area contributed by atoms with Crippen LogP contribution in [0.5, 0.6) is 0 Å². The Morgan fingerprint density at radius 2 is 2.05 bits per heavy atom. The van der Waals surface area contributed by atoms with Crippen LogP contribution in [0, 0.1) is 17.6 Å². The minimum atomic E-state index is -1.06. The Morgan fingerprint density at radius 1 is 1.27 bits per heavy atom. The van der Waals surface area contributed by atoms with Crippen molar-refractivity contribution in [1.82, 2.24) is 10.6 Å². The van der Waals surface area contributed by atoms with Crippen LogP contribution in [0.4, 0.5) is 8.78 Å². The van der Waals surface area contributed by atoms with Crippen molar-refractivity contribution in [1.29, 1.82) is 0 Å². The zero-order chi connectivity index (χ0) is 16.1. The van der Waals surface area contributed by atoms with Crippen molar-refractivity contribution in [2.75, 3.05) is 13.1 Å². The Balaban J connectivity index is 1.82. The molecule has 2 unspecified atom stereocenters. The van der Waals surface area contributed by atoms with Crippen LogP contribution in [0.2, 0.25) is 0 Å². The maximum Gasteiger partial charge on any atom is 0.220 e. The van der Waals surface area contributed by atoms with Crippen molar-refractivity contribution in [2.45, 2.75) is 32.2 Å². The molecule has 1 aromatic carbocycles. The van der Waals surface area contributed by atoms with Gasteiger partial charge >= 0.3 is 0 Å². The first-order valence-corrected chi connectivity index (χ1v) is 7.45. The van der Waals surface area contributed by atoms with E-state index in [0.717, 1.165) is 31.6 Å². The molecule has 4 nitrogen and oxygen atoms in total. The van der Waals surface area contributed by atoms with Gasteiger partial charge in [-0.15, -0.1) is 0 Å². The van der Waals surface area contributed by atoms with Crippen molar-refractivity contribution in [3.8, 4) is 0 Å². The van der Waals surface area contributed by atoms with Crippen LogP contribution >= 0.6 is 0 Å². The summed E-state index contributed by atoms with van der Waals surface area (Å²) >= 11 is 0. The molecule has 0 saturated carbocycles. The molecular weight excluding hydrogens is 290 g/mol. The summed E-state index contributed by atoms with van der Waals surface area (Å²) in [7, 11) is 0. The topological polar surface area (TPSA) is 58.2 Å². The molecule has 0 spiro atoms. The Hall–Kier alpha value is -1.82. The Bertz CT molecular complexity index is 563. The molecule has 2 rings (SSSR count). The average Bonchev–Trinajstić information content (AvgIpc) is 2.50. The van der Waals surface area contributed by atoms with Crippen LogP contribution < -0.4 is 10.6 Å². The first-order chi connectivity index (χ1) is 10.5. The summed E-state index contributed by atoms with van der Waals surface area (Å²) in [5.74, 6) is -2.22. The van der Waals surface area contributed by atoms with Gasteiger partial charge in [0.05, 0.1) is 0 Å². The molecular formula is C16H20F2N2O2. The number of carbonyl (C=O) groups is 2. The predicted octanol–water partition coefficient (Wildman–Crippen LogP) is 2.04. The quantitative estimate of drug-likeness (QED) is 0.818. The van der Waals surface area contributed by atoms with E-state index in [9.17, 15) is 18.4 Å². The fraction of sp³-hybridized carbons (Fsp3) is 0.500. The van der Waals surface area contributed by atoms with Crippen LogP contribution in [0.1, 0.15) is 36.5 Å². The van der Waals surface area contributed by atoms with Crippen LogP contribution in [0.3, 0.4) is 0 Å². The number of rotatable bonds is 5. The lowest BCUT2D eigenvalue weighted by atomic mass is 9.94. The van der Waals surface area contributed by atoms with E-state index in [0.29, 0.717) is 5.92 Å². The lowest BCUT2D eigenvalue weighted by molar-refractivity contribution is -0.122. The molecule has 1 aliphatic heterocycles. The number of nitrogens with one attached hydrogen (secondary N) is 2. The van der Waals surface area contributed by atoms with E-state index >= 15 is 0 Å². The van der Waals surface area contributed by atoms with Gasteiger partial charge in [0, 0.05) is 31.0 Å². The van der Waals surface area contributed by atoms with Gasteiger partial charge in [-0.3, -0.25) is 9.59 Å². The molecule has 120 valence electrons. The van der Waals surface area contributed by atoms with Gasteiger partial charge in [0.2, 0.25) is 5.91 Å². The first kappa shape index (κ1) is 16.5. The molecule has 6 heteroatoms. The van der Waals surface area contributed by atoms with Crippen molar-refractivity contribution in [3.63, 3.8) is 0 Å². The highest BCUT2D eigenvalue weighted by Crippen LogP contribution is 2.13. The highest BCUT2D eigenvalue weighted by Gasteiger charge is 2.22. The van der Waals surface area contributed by atoms with Gasteiger partial charge in [0.1, 0.15) is 0 Å². The smallest absolute Gasteiger partial charge is 0.220 e. The maximum atomic E-state index is 13.1. The molecule has 0 bridgehead atoms. The third-order valence-electron chi connectivity index (χ3n) is 3.99. The summed E-state index contributed by atoms with van der Waals surface area (Å²) in [5.41, 5.74) is 0.0828. The van der Waals surface area contributed by atoms with Crippen LogP contribution in [-0.4, -0.2) is 30.8 Å². The zero-order valence-corrected chi connectivity index (χ0v) is 12.5. The van der Waals surface area contributed by atoms with Gasteiger partial charge in [-0.1, -0.05) is 6.92 Å². The molecule has 2 N–H and O–H groups in total. The molecule has 0 aliphatic carbocycles. The van der Waals surface area contributed by atoms with E-state index in [1.807, 2.05) is 0 Å². The molecule has 1 saturated heterocycles. The molecule has 22 heavy (non-hydrogen) atoms. The highest BCUT2D eigenvalue weighted by atomic mass is 19.2. The second kappa shape index (κ2) is 7.45. The van der Waals surface area contributed by atoms with Gasteiger partial charge in [-0.25, -0.2) is 8.78 Å². The van der Waals surface area contributed by atoms with E-state index in [1.165, 1.54) is 6.07 Å². The maximum absolute atomic E-state index is 13.1. The molecule has 1 fully saturated rings. The Labute approximate surface area is 128 Å². The number of benzene rings is 1. The molecule has 0 aromatic heterocycles. The van der Waals surface area contributed by atoms with Crippen molar-refractivity contribution >= 4 is 11.7 Å². The van der Waals surface area contributed by atoms with Gasteiger partial charge in [-0.05, 0) is 37.1 Å². The highest BCUT2D eigenvalue weighted by molar-refractivity contribution is 5.97. The number of piperidine rings is 1. The number of amides is 1. The summed E-state index contributed by atoms with van der Waals surface area (Å²) in [4.78, 5) is 23.8. The molecule has 1 amide bonds. The Morgan fingerprint density at radius 3 is 2.73 bits per heavy atom. The summed E-state index contributed by atoms with van der Waals surface area (Å²) in [6.45, 7) is 3.75. The fourth-order valence-corrected chi connectivity index (χ4v) is 2.50. The fourth-order valence-electron chi connectivity index (χ4n) is 2.50. The predicted molar refractivity (Wildman–Crippen MR) is 78.5 cm³/mol. The standard InChI is InChI=1S/C16H20F2N2O2/c1-10-6-7-19-9-14(10)20-16(22)5-4-15(21)11-2-3-12(17)13(18)8-11/h2-3,8,10,14,19H,4-7,9H2,1H3,(H,20,22). The summed E-state index contributed by atoms with van der Waals surface area (Å²) in [6, 6.07) is 3.08. The normalized spacial score (nSPS) is 21.4. The van der Waals surface area contributed by atoms with Crippen LogP contribution in [0.25, 0.3) is 0 Å². The summed E-state index contributed by atoms with van der Waals surface area (Å²) in [6.07, 6.45) is 1.02. The molecule has 1 aliphatic rings. The number of hydrogen-bond acceptors (Lipinski definition) is 3. The van der Waals surface area contributed by atoms with Crippen molar-refractivity contribution in [2.24, 2.45) is 5.92 Å². The average molecular weight is 310 g/mol. The monoisotopic (exact) mass is 310 g/mol. The molecule has 1 aromatic rings. The van der Waals surface area contributed by atoms with E-state index < -0.39 is 11.6 Å². The minimum absolute atomic E-state index is 0.0224.